The Kier molecular flexibility index (Phi) is 1.88. The van der Waals surface area contributed by atoms with Gasteiger partial charge in [0.1, 0.15) is 5.75 Å². The molecule has 0 fully saturated rings. The van der Waals surface area contributed by atoms with Gasteiger partial charge in [-0.05, 0) is 30.3 Å². The number of nitrogens with two attached hydrogens (primary N) is 1. The standard InChI is InChI=1S/C10H14N2O/c1-12-5-7-3-9(11)10(13-2)4-8(7)6-12/h3-4H,5-6,11H2,1-2H3. The van der Waals surface area contributed by atoms with Crippen molar-refractivity contribution in [3.63, 3.8) is 0 Å². The number of methoxy groups -OCH3 is 1. The zero-order valence-corrected chi connectivity index (χ0v) is 8.00. The third-order valence-corrected chi connectivity index (χ3v) is 2.43. The molecule has 0 aromatic heterocycles. The summed E-state index contributed by atoms with van der Waals surface area (Å²) in [5.74, 6) is 0.786. The summed E-state index contributed by atoms with van der Waals surface area (Å²) in [6.45, 7) is 1.98. The van der Waals surface area contributed by atoms with Crippen molar-refractivity contribution in [3.8, 4) is 5.75 Å². The van der Waals surface area contributed by atoms with Crippen LogP contribution in [0.2, 0.25) is 0 Å². The lowest BCUT2D eigenvalue weighted by atomic mass is 10.1. The zero-order chi connectivity index (χ0) is 9.42. The topological polar surface area (TPSA) is 38.5 Å². The van der Waals surface area contributed by atoms with Crippen LogP contribution in [-0.2, 0) is 13.1 Å². The molecule has 70 valence electrons. The molecule has 2 N–H and O–H groups in total. The molecule has 2 rings (SSSR count). The third-order valence-electron chi connectivity index (χ3n) is 2.43. The van der Waals surface area contributed by atoms with Crippen molar-refractivity contribution >= 4 is 5.69 Å². The minimum Gasteiger partial charge on any atom is -0.495 e. The van der Waals surface area contributed by atoms with Gasteiger partial charge in [0.25, 0.3) is 0 Å². The molecule has 0 saturated heterocycles. The molecule has 0 aliphatic carbocycles. The highest BCUT2D eigenvalue weighted by Crippen LogP contribution is 2.30. The number of benzene rings is 1. The van der Waals surface area contributed by atoms with Crippen LogP contribution in [0.5, 0.6) is 5.75 Å². The molecule has 1 heterocycles. The number of rotatable bonds is 1. The van der Waals surface area contributed by atoms with Crippen LogP contribution in [0.3, 0.4) is 0 Å². The Morgan fingerprint density at radius 3 is 2.54 bits per heavy atom. The summed E-state index contributed by atoms with van der Waals surface area (Å²) < 4.78 is 5.16. The minimum atomic E-state index is 0.733. The number of fused-ring (bicyclic) bond motifs is 1. The van der Waals surface area contributed by atoms with Crippen molar-refractivity contribution in [2.45, 2.75) is 13.1 Å². The molecule has 1 aromatic carbocycles. The van der Waals surface area contributed by atoms with E-state index in [0.717, 1.165) is 24.5 Å². The van der Waals surface area contributed by atoms with Crippen LogP contribution in [0.15, 0.2) is 12.1 Å². The van der Waals surface area contributed by atoms with Crippen molar-refractivity contribution in [2.24, 2.45) is 0 Å². The Morgan fingerprint density at radius 2 is 1.92 bits per heavy atom. The van der Waals surface area contributed by atoms with Gasteiger partial charge in [-0.25, -0.2) is 0 Å². The van der Waals surface area contributed by atoms with Gasteiger partial charge in [0.15, 0.2) is 0 Å². The van der Waals surface area contributed by atoms with E-state index in [4.69, 9.17) is 10.5 Å². The van der Waals surface area contributed by atoms with Crippen LogP contribution in [0.4, 0.5) is 5.69 Å². The number of hydrogen-bond donors (Lipinski definition) is 1. The highest BCUT2D eigenvalue weighted by Gasteiger charge is 2.17. The van der Waals surface area contributed by atoms with E-state index < -0.39 is 0 Å². The van der Waals surface area contributed by atoms with E-state index in [9.17, 15) is 0 Å². The number of nitrogens with zero attached hydrogens (tertiary/aromatic N) is 1. The highest BCUT2D eigenvalue weighted by atomic mass is 16.5. The summed E-state index contributed by atoms with van der Waals surface area (Å²) in [6, 6.07) is 4.05. The van der Waals surface area contributed by atoms with Gasteiger partial charge in [-0.3, -0.25) is 4.90 Å². The number of anilines is 1. The first-order chi connectivity index (χ1) is 6.20. The van der Waals surface area contributed by atoms with Crippen LogP contribution >= 0.6 is 0 Å². The second kappa shape index (κ2) is 2.92. The summed E-state index contributed by atoms with van der Waals surface area (Å²) in [5.41, 5.74) is 9.19. The van der Waals surface area contributed by atoms with Crippen molar-refractivity contribution in [1.29, 1.82) is 0 Å². The average molecular weight is 178 g/mol. The van der Waals surface area contributed by atoms with Crippen molar-refractivity contribution in [2.75, 3.05) is 19.9 Å². The van der Waals surface area contributed by atoms with Crippen LogP contribution in [-0.4, -0.2) is 19.1 Å². The second-order valence-corrected chi connectivity index (χ2v) is 3.54. The fourth-order valence-electron chi connectivity index (χ4n) is 1.79. The Balaban J connectivity index is 2.44. The number of hydrogen-bond acceptors (Lipinski definition) is 3. The largest absolute Gasteiger partial charge is 0.495 e. The van der Waals surface area contributed by atoms with E-state index in [0.29, 0.717) is 0 Å². The van der Waals surface area contributed by atoms with Crippen LogP contribution < -0.4 is 10.5 Å². The first-order valence-electron chi connectivity index (χ1n) is 4.34. The van der Waals surface area contributed by atoms with Gasteiger partial charge in [0.05, 0.1) is 12.8 Å². The lowest BCUT2D eigenvalue weighted by Gasteiger charge is -2.06. The van der Waals surface area contributed by atoms with Gasteiger partial charge in [0, 0.05) is 13.1 Å². The summed E-state index contributed by atoms with van der Waals surface area (Å²) >= 11 is 0. The maximum absolute atomic E-state index is 5.81. The molecule has 3 nitrogen and oxygen atoms in total. The first-order valence-corrected chi connectivity index (χ1v) is 4.34. The smallest absolute Gasteiger partial charge is 0.142 e. The molecular weight excluding hydrogens is 164 g/mol. The highest BCUT2D eigenvalue weighted by molar-refractivity contribution is 5.57. The van der Waals surface area contributed by atoms with E-state index in [1.807, 2.05) is 12.1 Å². The monoisotopic (exact) mass is 178 g/mol. The number of ether oxygens (including phenoxy) is 1. The van der Waals surface area contributed by atoms with E-state index in [1.165, 1.54) is 11.1 Å². The second-order valence-electron chi connectivity index (χ2n) is 3.54. The molecular formula is C10H14N2O. The molecule has 0 atom stereocenters. The van der Waals surface area contributed by atoms with Gasteiger partial charge in [-0.2, -0.15) is 0 Å². The Bertz CT molecular complexity index is 336. The molecule has 0 radical (unpaired) electrons. The maximum Gasteiger partial charge on any atom is 0.142 e. The Labute approximate surface area is 78.1 Å². The van der Waals surface area contributed by atoms with E-state index in [1.54, 1.807) is 7.11 Å². The number of nitrogen functional groups attached to an aromatic ring is 1. The summed E-state index contributed by atoms with van der Waals surface area (Å²) in [7, 11) is 3.75. The van der Waals surface area contributed by atoms with Crippen molar-refractivity contribution in [3.05, 3.63) is 23.3 Å². The molecule has 0 amide bonds. The van der Waals surface area contributed by atoms with E-state index in [2.05, 4.69) is 11.9 Å². The fraction of sp³-hybridized carbons (Fsp3) is 0.400. The lowest BCUT2D eigenvalue weighted by molar-refractivity contribution is 0.353. The fourth-order valence-corrected chi connectivity index (χ4v) is 1.79. The molecule has 3 heteroatoms. The lowest BCUT2D eigenvalue weighted by Crippen LogP contribution is -2.07. The molecule has 1 aliphatic rings. The van der Waals surface area contributed by atoms with Crippen LogP contribution in [0, 0.1) is 0 Å². The summed E-state index contributed by atoms with van der Waals surface area (Å²) in [6.07, 6.45) is 0. The molecule has 1 aliphatic heterocycles. The molecule has 0 unspecified atom stereocenters. The predicted octanol–water partition coefficient (Wildman–Crippen LogP) is 1.22. The average Bonchev–Trinajstić information content (AvgIpc) is 2.42. The SMILES string of the molecule is COc1cc2c(cc1N)CN(C)C2. The van der Waals surface area contributed by atoms with Gasteiger partial charge < -0.3 is 10.5 Å². The molecule has 0 spiro atoms. The van der Waals surface area contributed by atoms with Gasteiger partial charge in [-0.15, -0.1) is 0 Å². The first kappa shape index (κ1) is 8.38. The Hall–Kier alpha value is -1.22. The van der Waals surface area contributed by atoms with Gasteiger partial charge >= 0.3 is 0 Å². The van der Waals surface area contributed by atoms with Crippen LogP contribution in [0.25, 0.3) is 0 Å². The summed E-state index contributed by atoms with van der Waals surface area (Å²) in [4.78, 5) is 2.25. The third kappa shape index (κ3) is 1.35. The predicted molar refractivity (Wildman–Crippen MR) is 52.6 cm³/mol. The quantitative estimate of drug-likeness (QED) is 0.657. The zero-order valence-electron chi connectivity index (χ0n) is 8.00. The van der Waals surface area contributed by atoms with Gasteiger partial charge in [-0.1, -0.05) is 0 Å². The normalized spacial score (nSPS) is 15.8. The van der Waals surface area contributed by atoms with Gasteiger partial charge in [0.2, 0.25) is 0 Å². The molecule has 0 saturated carbocycles. The summed E-state index contributed by atoms with van der Waals surface area (Å²) in [5, 5.41) is 0. The van der Waals surface area contributed by atoms with E-state index >= 15 is 0 Å². The van der Waals surface area contributed by atoms with Crippen molar-refractivity contribution < 1.29 is 4.74 Å². The molecule has 0 bridgehead atoms. The molecule has 13 heavy (non-hydrogen) atoms. The van der Waals surface area contributed by atoms with Crippen LogP contribution in [0.1, 0.15) is 11.1 Å². The van der Waals surface area contributed by atoms with Crippen molar-refractivity contribution in [1.82, 2.24) is 4.90 Å². The Morgan fingerprint density at radius 1 is 1.31 bits per heavy atom. The van der Waals surface area contributed by atoms with E-state index in [-0.39, 0.29) is 0 Å². The maximum atomic E-state index is 5.81. The molecule has 1 aromatic rings. The minimum absolute atomic E-state index is 0.733.